The number of carbonyl (C=O) groups excluding carboxylic acids is 3. The summed E-state index contributed by atoms with van der Waals surface area (Å²) in [6.07, 6.45) is 1.44. The molecule has 0 bridgehead atoms. The lowest BCUT2D eigenvalue weighted by Crippen LogP contribution is -2.40. The number of hydrogen-bond acceptors (Lipinski definition) is 7. The predicted molar refractivity (Wildman–Crippen MR) is 120 cm³/mol. The van der Waals surface area contributed by atoms with Crippen LogP contribution >= 0.6 is 0 Å². The van der Waals surface area contributed by atoms with Gasteiger partial charge in [-0.2, -0.15) is 4.31 Å². The van der Waals surface area contributed by atoms with Crippen LogP contribution in [0, 0.1) is 0 Å². The molecule has 1 aliphatic heterocycles. The molecule has 10 heteroatoms. The molecular formula is C23H24N2O7S. The zero-order chi connectivity index (χ0) is 23.8. The molecule has 1 saturated heterocycles. The van der Waals surface area contributed by atoms with Crippen LogP contribution in [0.15, 0.2) is 65.2 Å². The Morgan fingerprint density at radius 2 is 1.67 bits per heavy atom. The van der Waals surface area contributed by atoms with Crippen molar-refractivity contribution in [3.8, 4) is 0 Å². The Labute approximate surface area is 192 Å². The van der Waals surface area contributed by atoms with Gasteiger partial charge in [0, 0.05) is 25.6 Å². The first-order valence-corrected chi connectivity index (χ1v) is 11.6. The summed E-state index contributed by atoms with van der Waals surface area (Å²) in [7, 11) is -3.67. The van der Waals surface area contributed by atoms with Gasteiger partial charge < -0.3 is 14.8 Å². The first-order valence-electron chi connectivity index (χ1n) is 10.2. The summed E-state index contributed by atoms with van der Waals surface area (Å²) in [5.41, 5.74) is 0.756. The highest BCUT2D eigenvalue weighted by Crippen LogP contribution is 2.18. The van der Waals surface area contributed by atoms with Gasteiger partial charge in [-0.25, -0.2) is 13.2 Å². The Hall–Kier alpha value is -3.34. The molecule has 1 aliphatic rings. The molecule has 2 aromatic rings. The monoisotopic (exact) mass is 472 g/mol. The highest BCUT2D eigenvalue weighted by molar-refractivity contribution is 7.89. The number of morpholine rings is 1. The van der Waals surface area contributed by atoms with Gasteiger partial charge in [0.25, 0.3) is 0 Å². The van der Waals surface area contributed by atoms with Crippen molar-refractivity contribution in [3.63, 3.8) is 0 Å². The Morgan fingerprint density at radius 1 is 1.03 bits per heavy atom. The van der Waals surface area contributed by atoms with Crippen LogP contribution in [-0.2, 0) is 29.1 Å². The van der Waals surface area contributed by atoms with Crippen molar-refractivity contribution in [2.75, 3.05) is 32.9 Å². The number of sulfonamides is 1. The summed E-state index contributed by atoms with van der Waals surface area (Å²) in [4.78, 5) is 36.4. The van der Waals surface area contributed by atoms with Crippen molar-refractivity contribution < 1.29 is 32.3 Å². The van der Waals surface area contributed by atoms with E-state index in [2.05, 4.69) is 5.32 Å². The highest BCUT2D eigenvalue weighted by Gasteiger charge is 2.26. The van der Waals surface area contributed by atoms with E-state index in [9.17, 15) is 22.8 Å². The fourth-order valence-corrected chi connectivity index (χ4v) is 4.50. The normalized spacial score (nSPS) is 15.0. The van der Waals surface area contributed by atoms with E-state index < -0.39 is 34.3 Å². The third-order valence-corrected chi connectivity index (χ3v) is 6.67. The quantitative estimate of drug-likeness (QED) is 0.352. The van der Waals surface area contributed by atoms with Gasteiger partial charge in [0.1, 0.15) is 5.70 Å². The average molecular weight is 473 g/mol. The van der Waals surface area contributed by atoms with Crippen molar-refractivity contribution in [2.45, 2.75) is 11.8 Å². The molecule has 2 aromatic carbocycles. The maximum atomic E-state index is 12.7. The smallest absolute Gasteiger partial charge is 0.355 e. The first kappa shape index (κ1) is 24.3. The van der Waals surface area contributed by atoms with Crippen LogP contribution in [0.25, 0.3) is 6.08 Å². The van der Waals surface area contributed by atoms with Gasteiger partial charge >= 0.3 is 5.97 Å². The molecule has 0 saturated carbocycles. The van der Waals surface area contributed by atoms with E-state index in [1.54, 1.807) is 24.3 Å². The van der Waals surface area contributed by atoms with Crippen LogP contribution in [0.4, 0.5) is 0 Å². The lowest BCUT2D eigenvalue weighted by molar-refractivity contribution is -0.139. The number of rotatable bonds is 8. The summed E-state index contributed by atoms with van der Waals surface area (Å²) in [5, 5.41) is 2.40. The average Bonchev–Trinajstić information content (AvgIpc) is 2.83. The maximum absolute atomic E-state index is 12.7. The zero-order valence-corrected chi connectivity index (χ0v) is 18.8. The van der Waals surface area contributed by atoms with Crippen LogP contribution in [0.2, 0.25) is 0 Å². The summed E-state index contributed by atoms with van der Waals surface area (Å²) in [6.45, 7) is 1.89. The van der Waals surface area contributed by atoms with Crippen LogP contribution in [0.5, 0.6) is 0 Å². The van der Waals surface area contributed by atoms with E-state index in [1.165, 1.54) is 41.6 Å². The Bertz CT molecular complexity index is 1140. The van der Waals surface area contributed by atoms with Crippen molar-refractivity contribution in [1.82, 2.24) is 9.62 Å². The molecule has 0 atom stereocenters. The van der Waals surface area contributed by atoms with E-state index in [1.807, 2.05) is 6.07 Å². The van der Waals surface area contributed by atoms with Crippen molar-refractivity contribution in [2.24, 2.45) is 0 Å². The third-order valence-electron chi connectivity index (χ3n) is 4.76. The number of amides is 1. The van der Waals surface area contributed by atoms with Gasteiger partial charge in [-0.05, 0) is 35.9 Å². The van der Waals surface area contributed by atoms with E-state index in [4.69, 9.17) is 9.47 Å². The van der Waals surface area contributed by atoms with E-state index in [-0.39, 0.29) is 29.2 Å². The highest BCUT2D eigenvalue weighted by atomic mass is 32.2. The van der Waals surface area contributed by atoms with Crippen LogP contribution in [0.3, 0.4) is 0 Å². The number of Topliss-reactive ketones (excluding diaryl/α,β-unsaturated/α-hetero) is 1. The number of nitrogens with zero attached hydrogens (tertiary/aromatic N) is 1. The number of benzene rings is 2. The Kier molecular flexibility index (Phi) is 8.10. The molecular weight excluding hydrogens is 448 g/mol. The second kappa shape index (κ2) is 11.0. The molecule has 174 valence electrons. The van der Waals surface area contributed by atoms with Crippen molar-refractivity contribution in [3.05, 3.63) is 71.4 Å². The molecule has 1 fully saturated rings. The summed E-state index contributed by atoms with van der Waals surface area (Å²) >= 11 is 0. The van der Waals surface area contributed by atoms with Crippen molar-refractivity contribution >= 4 is 33.8 Å². The van der Waals surface area contributed by atoms with Gasteiger partial charge in [-0.1, -0.05) is 30.3 Å². The van der Waals surface area contributed by atoms with Crippen molar-refractivity contribution in [1.29, 1.82) is 0 Å². The second-order valence-electron chi connectivity index (χ2n) is 7.19. The number of hydrogen-bond donors (Lipinski definition) is 1. The molecule has 0 unspecified atom stereocenters. The van der Waals surface area contributed by atoms with Crippen LogP contribution in [-0.4, -0.2) is 63.3 Å². The molecule has 0 radical (unpaired) electrons. The minimum absolute atomic E-state index is 0.0664. The molecule has 1 N–H and O–H groups in total. The molecule has 0 aromatic heterocycles. The van der Waals surface area contributed by atoms with Gasteiger partial charge in [-0.15, -0.1) is 0 Å². The van der Waals surface area contributed by atoms with Crippen LogP contribution < -0.4 is 5.32 Å². The zero-order valence-electron chi connectivity index (χ0n) is 18.0. The topological polar surface area (TPSA) is 119 Å². The number of nitrogens with one attached hydrogen (secondary N) is 1. The molecule has 1 amide bonds. The van der Waals surface area contributed by atoms with Gasteiger partial charge in [0.05, 0.1) is 18.1 Å². The predicted octanol–water partition coefficient (Wildman–Crippen LogP) is 1.61. The summed E-state index contributed by atoms with van der Waals surface area (Å²) in [5.74, 6) is -1.84. The minimum Gasteiger partial charge on any atom is -0.453 e. The van der Waals surface area contributed by atoms with Gasteiger partial charge in [0.15, 0.2) is 12.4 Å². The standard InChI is InChI=1S/C23H24N2O7S/c1-17(26)24-21(15-18-5-3-2-4-6-18)23(28)32-16-22(27)19-7-9-20(10-8-19)33(29,30)25-11-13-31-14-12-25/h2-10,15H,11-14,16H2,1H3,(H,24,26)/b21-15-. The summed E-state index contributed by atoms with van der Waals surface area (Å²) < 4.78 is 36.9. The first-order chi connectivity index (χ1) is 15.8. The fraction of sp³-hybridized carbons (Fsp3) is 0.261. The Morgan fingerprint density at radius 3 is 2.27 bits per heavy atom. The maximum Gasteiger partial charge on any atom is 0.355 e. The number of esters is 1. The fourth-order valence-electron chi connectivity index (χ4n) is 3.09. The van der Waals surface area contributed by atoms with E-state index >= 15 is 0 Å². The molecule has 0 spiro atoms. The molecule has 33 heavy (non-hydrogen) atoms. The number of carbonyl (C=O) groups is 3. The lowest BCUT2D eigenvalue weighted by atomic mass is 10.1. The largest absolute Gasteiger partial charge is 0.453 e. The van der Waals surface area contributed by atoms with E-state index in [0.717, 1.165) is 0 Å². The van der Waals surface area contributed by atoms with Gasteiger partial charge in [0.2, 0.25) is 15.9 Å². The molecule has 0 aliphatic carbocycles. The molecule has 9 nitrogen and oxygen atoms in total. The second-order valence-corrected chi connectivity index (χ2v) is 9.13. The number of ether oxygens (including phenoxy) is 2. The van der Waals surface area contributed by atoms with Crippen LogP contribution in [0.1, 0.15) is 22.8 Å². The van der Waals surface area contributed by atoms with Gasteiger partial charge in [-0.3, -0.25) is 9.59 Å². The third kappa shape index (κ3) is 6.58. The van der Waals surface area contributed by atoms with E-state index in [0.29, 0.717) is 18.8 Å². The Balaban J connectivity index is 1.65. The minimum atomic E-state index is -3.67. The SMILES string of the molecule is CC(=O)N/C(=C\c1ccccc1)C(=O)OCC(=O)c1ccc(S(=O)(=O)N2CCOCC2)cc1. The molecule has 1 heterocycles. The number of ketones is 1. The lowest BCUT2D eigenvalue weighted by Gasteiger charge is -2.26. The molecule has 3 rings (SSSR count). The summed E-state index contributed by atoms with van der Waals surface area (Å²) in [6, 6.07) is 14.3.